The molecule has 0 radical (unpaired) electrons. The lowest BCUT2D eigenvalue weighted by Crippen LogP contribution is -2.70. The minimum absolute atomic E-state index is 0.00998. The van der Waals surface area contributed by atoms with Crippen LogP contribution >= 0.6 is 11.3 Å². The van der Waals surface area contributed by atoms with Gasteiger partial charge in [0.05, 0.1) is 17.3 Å². The number of ether oxygens (including phenoxy) is 1. The summed E-state index contributed by atoms with van der Waals surface area (Å²) in [6.45, 7) is 3.80. The average molecular weight is 482 g/mol. The minimum atomic E-state index is -1.59. The maximum Gasteiger partial charge on any atom is 0.354 e. The fraction of sp³-hybridized carbons (Fsp3) is 0.440. The zero-order chi connectivity index (χ0) is 24.0. The number of hydrogen-bond donors (Lipinski definition) is 0. The molecule has 2 aromatic rings. The van der Waals surface area contributed by atoms with Gasteiger partial charge in [-0.2, -0.15) is 0 Å². The molecule has 3 aliphatic heterocycles. The summed E-state index contributed by atoms with van der Waals surface area (Å²) in [7, 11) is 0. The molecule has 1 aromatic carbocycles. The third kappa shape index (κ3) is 3.33. The van der Waals surface area contributed by atoms with E-state index in [-0.39, 0.29) is 42.6 Å². The molecule has 0 saturated carbocycles. The van der Waals surface area contributed by atoms with E-state index >= 15 is 0 Å². The number of nitrogens with zero attached hydrogens (tertiary/aromatic N) is 3. The van der Waals surface area contributed by atoms with E-state index < -0.39 is 18.2 Å². The van der Waals surface area contributed by atoms with E-state index in [1.807, 2.05) is 31.4 Å². The Balaban J connectivity index is 1.42. The summed E-state index contributed by atoms with van der Waals surface area (Å²) in [6, 6.07) is 10.4. The average Bonchev–Trinajstić information content (AvgIpc) is 3.57. The van der Waals surface area contributed by atoms with Crippen molar-refractivity contribution >= 4 is 40.7 Å². The molecule has 0 aliphatic carbocycles. The molecular weight excluding hydrogens is 454 g/mol. The Morgan fingerprint density at radius 3 is 2.71 bits per heavy atom. The number of esters is 1. The third-order valence-corrected chi connectivity index (χ3v) is 7.89. The van der Waals surface area contributed by atoms with E-state index in [0.29, 0.717) is 17.8 Å². The molecule has 3 amide bonds. The smallest absolute Gasteiger partial charge is 0.354 e. The zero-order valence-electron chi connectivity index (χ0n) is 19.2. The van der Waals surface area contributed by atoms with Gasteiger partial charge in [-0.25, -0.2) is 4.79 Å². The van der Waals surface area contributed by atoms with Crippen molar-refractivity contribution in [3.05, 3.63) is 52.2 Å². The van der Waals surface area contributed by atoms with Crippen LogP contribution < -0.4 is 4.90 Å². The van der Waals surface area contributed by atoms with Crippen molar-refractivity contribution in [3.63, 3.8) is 0 Å². The van der Waals surface area contributed by atoms with Crippen molar-refractivity contribution in [2.45, 2.75) is 57.3 Å². The number of amides is 3. The lowest BCUT2D eigenvalue weighted by atomic mass is 9.95. The van der Waals surface area contributed by atoms with Gasteiger partial charge in [0.25, 0.3) is 11.8 Å². The Hall–Kier alpha value is -3.20. The van der Waals surface area contributed by atoms with Crippen LogP contribution in [0.25, 0.3) is 0 Å². The van der Waals surface area contributed by atoms with Gasteiger partial charge in [-0.15, -0.1) is 11.3 Å². The minimum Gasteiger partial charge on any atom is -0.452 e. The second-order valence-electron chi connectivity index (χ2n) is 9.17. The van der Waals surface area contributed by atoms with E-state index in [1.54, 1.807) is 40.5 Å². The van der Waals surface area contributed by atoms with Crippen molar-refractivity contribution in [1.29, 1.82) is 0 Å². The van der Waals surface area contributed by atoms with Gasteiger partial charge in [0.1, 0.15) is 0 Å². The Morgan fingerprint density at radius 2 is 1.97 bits per heavy atom. The van der Waals surface area contributed by atoms with E-state index in [0.717, 1.165) is 17.7 Å². The zero-order valence-corrected chi connectivity index (χ0v) is 20.0. The number of benzene rings is 1. The lowest BCUT2D eigenvalue weighted by Gasteiger charge is -2.50. The number of likely N-dealkylation sites (tertiary alicyclic amines) is 1. The first kappa shape index (κ1) is 22.6. The monoisotopic (exact) mass is 481 g/mol. The number of anilines is 1. The summed E-state index contributed by atoms with van der Waals surface area (Å²) in [4.78, 5) is 58.9. The maximum absolute atomic E-state index is 13.7. The number of rotatable bonds is 5. The lowest BCUT2D eigenvalue weighted by molar-refractivity contribution is -0.163. The van der Waals surface area contributed by atoms with Crippen LogP contribution in [0.1, 0.15) is 60.8 Å². The maximum atomic E-state index is 13.7. The fourth-order valence-electron chi connectivity index (χ4n) is 5.54. The Bertz CT molecular complexity index is 1150. The first-order valence-corrected chi connectivity index (χ1v) is 12.5. The fourth-order valence-corrected chi connectivity index (χ4v) is 6.41. The molecule has 9 heteroatoms. The van der Waals surface area contributed by atoms with Crippen LogP contribution in [0.4, 0.5) is 5.69 Å². The number of hydrogen-bond acceptors (Lipinski definition) is 6. The largest absolute Gasteiger partial charge is 0.452 e. The summed E-state index contributed by atoms with van der Waals surface area (Å²) in [5, 5.41) is 1.99. The summed E-state index contributed by atoms with van der Waals surface area (Å²) in [6.07, 6.45) is 2.00. The molecule has 0 unspecified atom stereocenters. The number of carbonyl (C=O) groups excluding carboxylic acids is 4. The molecular formula is C25H27N3O5S. The van der Waals surface area contributed by atoms with Crippen molar-refractivity contribution in [3.8, 4) is 0 Å². The van der Waals surface area contributed by atoms with Gasteiger partial charge in [-0.05, 0) is 50.3 Å². The summed E-state index contributed by atoms with van der Waals surface area (Å²) in [5.74, 6) is -1.58. The van der Waals surface area contributed by atoms with Crippen LogP contribution in [-0.2, 0) is 19.1 Å². The van der Waals surface area contributed by atoms with Crippen LogP contribution in [0.15, 0.2) is 41.8 Å². The quantitative estimate of drug-likeness (QED) is 0.612. The number of carbonyl (C=O) groups is 4. The molecule has 5 rings (SSSR count). The number of fused-ring (bicyclic) bond motifs is 3. The molecule has 0 bridgehead atoms. The first-order chi connectivity index (χ1) is 16.4. The second-order valence-corrected chi connectivity index (χ2v) is 10.1. The summed E-state index contributed by atoms with van der Waals surface area (Å²) in [5.41, 5.74) is -0.802. The van der Waals surface area contributed by atoms with Gasteiger partial charge in [-0.3, -0.25) is 19.3 Å². The van der Waals surface area contributed by atoms with Crippen molar-refractivity contribution < 1.29 is 23.9 Å². The molecule has 0 N–H and O–H groups in total. The van der Waals surface area contributed by atoms with Gasteiger partial charge < -0.3 is 14.5 Å². The highest BCUT2D eigenvalue weighted by atomic mass is 32.1. The second kappa shape index (κ2) is 8.54. The molecule has 4 heterocycles. The molecule has 3 aliphatic rings. The van der Waals surface area contributed by atoms with Crippen LogP contribution in [0.3, 0.4) is 0 Å². The highest BCUT2D eigenvalue weighted by molar-refractivity contribution is 7.10. The van der Waals surface area contributed by atoms with Gasteiger partial charge >= 0.3 is 5.97 Å². The van der Waals surface area contributed by atoms with Crippen molar-refractivity contribution in [2.75, 3.05) is 18.1 Å². The third-order valence-electron chi connectivity index (χ3n) is 6.91. The first-order valence-electron chi connectivity index (χ1n) is 11.6. The molecule has 178 valence electrons. The van der Waals surface area contributed by atoms with Crippen LogP contribution in [0.2, 0.25) is 0 Å². The molecule has 2 saturated heterocycles. The standard InChI is InChI=1S/C25H27N3O5S/c1-16(2)27-23(31)17-7-3-4-8-18(17)28-21(29)11-12-25(27,28)24(32)33-15-22(30)26-13-5-9-19(26)20-10-6-14-34-20/h3-4,6-8,10,14,16,19H,5,9,11-13,15H2,1-2H3/t19-,25-/m1/s1. The highest BCUT2D eigenvalue weighted by Gasteiger charge is 2.62. The summed E-state index contributed by atoms with van der Waals surface area (Å²) >= 11 is 1.61. The van der Waals surface area contributed by atoms with Gasteiger partial charge in [-0.1, -0.05) is 18.2 Å². The molecule has 2 fully saturated rings. The predicted molar refractivity (Wildman–Crippen MR) is 126 cm³/mol. The SMILES string of the molecule is CC(C)N1C(=O)c2ccccc2N2C(=O)CC[C@]21C(=O)OCC(=O)N1CCC[C@@H]1c1cccs1. The topological polar surface area (TPSA) is 87.2 Å². The van der Waals surface area contributed by atoms with E-state index in [2.05, 4.69) is 0 Å². The van der Waals surface area contributed by atoms with Gasteiger partial charge in [0.2, 0.25) is 11.6 Å². The van der Waals surface area contributed by atoms with Crippen LogP contribution in [-0.4, -0.2) is 58.3 Å². The number of para-hydroxylation sites is 1. The molecule has 2 atom stereocenters. The van der Waals surface area contributed by atoms with E-state index in [1.165, 1.54) is 9.80 Å². The Kier molecular flexibility index (Phi) is 5.67. The Morgan fingerprint density at radius 1 is 1.18 bits per heavy atom. The van der Waals surface area contributed by atoms with Gasteiger partial charge in [0, 0.05) is 30.3 Å². The molecule has 0 spiro atoms. The number of thiophene rings is 1. The highest BCUT2D eigenvalue weighted by Crippen LogP contribution is 2.46. The van der Waals surface area contributed by atoms with Crippen molar-refractivity contribution in [2.24, 2.45) is 0 Å². The molecule has 8 nitrogen and oxygen atoms in total. The Labute approximate surface area is 202 Å². The van der Waals surface area contributed by atoms with E-state index in [9.17, 15) is 19.2 Å². The summed E-state index contributed by atoms with van der Waals surface area (Å²) < 4.78 is 5.60. The van der Waals surface area contributed by atoms with E-state index in [4.69, 9.17) is 4.74 Å². The molecule has 34 heavy (non-hydrogen) atoms. The van der Waals surface area contributed by atoms with Gasteiger partial charge in [0.15, 0.2) is 6.61 Å². The molecule has 1 aromatic heterocycles. The van der Waals surface area contributed by atoms with Crippen molar-refractivity contribution in [1.82, 2.24) is 9.80 Å². The van der Waals surface area contributed by atoms with Crippen LogP contribution in [0, 0.1) is 0 Å². The van der Waals surface area contributed by atoms with Crippen LogP contribution in [0.5, 0.6) is 0 Å². The predicted octanol–water partition coefficient (Wildman–Crippen LogP) is 3.34. The normalized spacial score (nSPS) is 24.0.